The predicted molar refractivity (Wildman–Crippen MR) is 64.0 cm³/mol. The van der Waals surface area contributed by atoms with Crippen molar-refractivity contribution < 1.29 is 4.79 Å². The molecule has 0 saturated carbocycles. The van der Waals surface area contributed by atoms with Crippen molar-refractivity contribution >= 4 is 5.91 Å². The molecule has 1 amide bonds. The van der Waals surface area contributed by atoms with Gasteiger partial charge in [-0.2, -0.15) is 0 Å². The monoisotopic (exact) mass is 218 g/mol. The van der Waals surface area contributed by atoms with Crippen LogP contribution in [0.1, 0.15) is 42.9 Å². The molecule has 2 rings (SSSR count). The minimum atomic E-state index is -0.295. The molecule has 2 unspecified atom stereocenters. The second kappa shape index (κ2) is 4.66. The third-order valence-corrected chi connectivity index (χ3v) is 3.31. The molecular weight excluding hydrogens is 200 g/mol. The molecule has 0 saturated heterocycles. The van der Waals surface area contributed by atoms with Gasteiger partial charge in [0.15, 0.2) is 0 Å². The summed E-state index contributed by atoms with van der Waals surface area (Å²) in [7, 11) is 0. The standard InChI is InChI=1S/C13H18N2O/c1-9-6-7-12(15-8-13(14)16)11-5-3-2-4-10(9)11/h2-5,9,12,15H,6-8H2,1H3,(H2,14,16). The van der Waals surface area contributed by atoms with E-state index in [1.807, 2.05) is 0 Å². The average molecular weight is 218 g/mol. The van der Waals surface area contributed by atoms with Crippen molar-refractivity contribution in [3.05, 3.63) is 35.4 Å². The molecule has 0 spiro atoms. The largest absolute Gasteiger partial charge is 0.369 e. The molecule has 0 heterocycles. The number of amides is 1. The first-order chi connectivity index (χ1) is 7.68. The fourth-order valence-electron chi connectivity index (χ4n) is 2.44. The quantitative estimate of drug-likeness (QED) is 0.811. The van der Waals surface area contributed by atoms with Crippen LogP contribution in [0.5, 0.6) is 0 Å². The van der Waals surface area contributed by atoms with Gasteiger partial charge < -0.3 is 11.1 Å². The second-order valence-electron chi connectivity index (χ2n) is 4.51. The van der Waals surface area contributed by atoms with Crippen LogP contribution in [0.2, 0.25) is 0 Å². The number of nitrogens with one attached hydrogen (secondary N) is 1. The average Bonchev–Trinajstić information content (AvgIpc) is 2.28. The number of hydrogen-bond acceptors (Lipinski definition) is 2. The van der Waals surface area contributed by atoms with E-state index in [0.29, 0.717) is 5.92 Å². The number of nitrogens with two attached hydrogens (primary N) is 1. The van der Waals surface area contributed by atoms with Gasteiger partial charge in [0, 0.05) is 6.04 Å². The minimum Gasteiger partial charge on any atom is -0.369 e. The summed E-state index contributed by atoms with van der Waals surface area (Å²) in [6, 6.07) is 8.73. The predicted octanol–water partition coefficient (Wildman–Crippen LogP) is 1.70. The van der Waals surface area contributed by atoms with Crippen LogP contribution >= 0.6 is 0 Å². The Balaban J connectivity index is 2.18. The maximum absolute atomic E-state index is 10.8. The zero-order valence-corrected chi connectivity index (χ0v) is 9.57. The van der Waals surface area contributed by atoms with Crippen LogP contribution in [0.4, 0.5) is 0 Å². The number of carbonyl (C=O) groups is 1. The summed E-state index contributed by atoms with van der Waals surface area (Å²) in [5, 5.41) is 3.22. The molecule has 1 aromatic carbocycles. The van der Waals surface area contributed by atoms with E-state index in [9.17, 15) is 4.79 Å². The summed E-state index contributed by atoms with van der Waals surface area (Å²) in [5.41, 5.74) is 7.88. The Morgan fingerprint density at radius 1 is 1.38 bits per heavy atom. The van der Waals surface area contributed by atoms with Crippen LogP contribution in [0.25, 0.3) is 0 Å². The first-order valence-electron chi connectivity index (χ1n) is 5.79. The van der Waals surface area contributed by atoms with Crippen LogP contribution in [0, 0.1) is 0 Å². The maximum Gasteiger partial charge on any atom is 0.231 e. The van der Waals surface area contributed by atoms with E-state index in [4.69, 9.17) is 5.73 Å². The Morgan fingerprint density at radius 2 is 2.06 bits per heavy atom. The van der Waals surface area contributed by atoms with E-state index in [0.717, 1.165) is 12.8 Å². The molecule has 16 heavy (non-hydrogen) atoms. The summed E-state index contributed by atoms with van der Waals surface area (Å²) < 4.78 is 0. The third kappa shape index (κ3) is 2.25. The molecule has 3 N–H and O–H groups in total. The van der Waals surface area contributed by atoms with E-state index in [2.05, 4.69) is 36.5 Å². The highest BCUT2D eigenvalue weighted by Gasteiger charge is 2.23. The minimum absolute atomic E-state index is 0.257. The van der Waals surface area contributed by atoms with Crippen LogP contribution in [-0.2, 0) is 4.79 Å². The molecule has 0 aromatic heterocycles. The summed E-state index contributed by atoms with van der Waals surface area (Å²) in [4.78, 5) is 10.8. The van der Waals surface area contributed by atoms with Crippen molar-refractivity contribution in [1.82, 2.24) is 5.32 Å². The van der Waals surface area contributed by atoms with Gasteiger partial charge >= 0.3 is 0 Å². The highest BCUT2D eigenvalue weighted by Crippen LogP contribution is 2.36. The number of primary amides is 1. The Kier molecular flexibility index (Phi) is 3.25. The number of carbonyl (C=O) groups excluding carboxylic acids is 1. The topological polar surface area (TPSA) is 55.1 Å². The maximum atomic E-state index is 10.8. The summed E-state index contributed by atoms with van der Waals surface area (Å²) >= 11 is 0. The Morgan fingerprint density at radius 3 is 2.75 bits per heavy atom. The lowest BCUT2D eigenvalue weighted by Gasteiger charge is -2.30. The number of rotatable bonds is 3. The molecule has 3 heteroatoms. The lowest BCUT2D eigenvalue weighted by molar-refractivity contribution is -0.117. The van der Waals surface area contributed by atoms with Gasteiger partial charge in [-0.1, -0.05) is 31.2 Å². The lowest BCUT2D eigenvalue weighted by Crippen LogP contribution is -2.33. The van der Waals surface area contributed by atoms with Crippen LogP contribution in [-0.4, -0.2) is 12.5 Å². The van der Waals surface area contributed by atoms with Crippen molar-refractivity contribution in [3.8, 4) is 0 Å². The second-order valence-corrected chi connectivity index (χ2v) is 4.51. The fourth-order valence-corrected chi connectivity index (χ4v) is 2.44. The van der Waals surface area contributed by atoms with Gasteiger partial charge in [-0.25, -0.2) is 0 Å². The van der Waals surface area contributed by atoms with Crippen LogP contribution in [0.3, 0.4) is 0 Å². The smallest absolute Gasteiger partial charge is 0.231 e. The Hall–Kier alpha value is -1.35. The normalized spacial score (nSPS) is 23.8. The molecule has 0 radical (unpaired) electrons. The first-order valence-corrected chi connectivity index (χ1v) is 5.79. The molecule has 1 aliphatic rings. The molecule has 0 bridgehead atoms. The molecule has 1 aromatic rings. The van der Waals surface area contributed by atoms with Gasteiger partial charge in [-0.15, -0.1) is 0 Å². The van der Waals surface area contributed by atoms with Crippen molar-refractivity contribution in [2.75, 3.05) is 6.54 Å². The molecule has 86 valence electrons. The first kappa shape index (κ1) is 11.1. The van der Waals surface area contributed by atoms with Gasteiger partial charge in [-0.05, 0) is 29.9 Å². The lowest BCUT2D eigenvalue weighted by atomic mass is 9.81. The number of fused-ring (bicyclic) bond motifs is 1. The SMILES string of the molecule is CC1CCC(NCC(N)=O)c2ccccc21. The van der Waals surface area contributed by atoms with Gasteiger partial charge in [-0.3, -0.25) is 4.79 Å². The van der Waals surface area contributed by atoms with Gasteiger partial charge in [0.1, 0.15) is 0 Å². The highest BCUT2D eigenvalue weighted by atomic mass is 16.1. The summed E-state index contributed by atoms with van der Waals surface area (Å²) in [6.07, 6.45) is 2.24. The molecule has 0 fully saturated rings. The van der Waals surface area contributed by atoms with E-state index >= 15 is 0 Å². The van der Waals surface area contributed by atoms with Gasteiger partial charge in [0.05, 0.1) is 6.54 Å². The van der Waals surface area contributed by atoms with Crippen molar-refractivity contribution in [2.24, 2.45) is 5.73 Å². The van der Waals surface area contributed by atoms with Gasteiger partial charge in [0.2, 0.25) is 5.91 Å². The summed E-state index contributed by atoms with van der Waals surface area (Å²) in [6.45, 7) is 2.51. The fraction of sp³-hybridized carbons (Fsp3) is 0.462. The highest BCUT2D eigenvalue weighted by molar-refractivity contribution is 5.75. The van der Waals surface area contributed by atoms with Crippen molar-refractivity contribution in [2.45, 2.75) is 31.7 Å². The number of benzene rings is 1. The van der Waals surface area contributed by atoms with E-state index in [1.54, 1.807) is 0 Å². The van der Waals surface area contributed by atoms with E-state index in [1.165, 1.54) is 11.1 Å². The summed E-state index contributed by atoms with van der Waals surface area (Å²) in [5.74, 6) is 0.318. The van der Waals surface area contributed by atoms with Gasteiger partial charge in [0.25, 0.3) is 0 Å². The van der Waals surface area contributed by atoms with Crippen LogP contribution < -0.4 is 11.1 Å². The van der Waals surface area contributed by atoms with Crippen molar-refractivity contribution in [1.29, 1.82) is 0 Å². The third-order valence-electron chi connectivity index (χ3n) is 3.31. The molecule has 3 nitrogen and oxygen atoms in total. The Bertz CT molecular complexity index is 389. The zero-order valence-electron chi connectivity index (χ0n) is 9.57. The molecular formula is C13H18N2O. The molecule has 2 atom stereocenters. The van der Waals surface area contributed by atoms with E-state index < -0.39 is 0 Å². The molecule has 0 aliphatic heterocycles. The molecule has 1 aliphatic carbocycles. The number of hydrogen-bond donors (Lipinski definition) is 2. The van der Waals surface area contributed by atoms with Crippen LogP contribution in [0.15, 0.2) is 24.3 Å². The van der Waals surface area contributed by atoms with Crippen molar-refractivity contribution in [3.63, 3.8) is 0 Å². The Labute approximate surface area is 96.0 Å². The van der Waals surface area contributed by atoms with E-state index in [-0.39, 0.29) is 18.5 Å². The zero-order chi connectivity index (χ0) is 11.5.